The van der Waals surface area contributed by atoms with E-state index in [1.54, 1.807) is 6.20 Å². The van der Waals surface area contributed by atoms with Crippen LogP contribution in [0.4, 0.5) is 0 Å². The van der Waals surface area contributed by atoms with E-state index in [4.69, 9.17) is 4.74 Å². The van der Waals surface area contributed by atoms with Crippen molar-refractivity contribution in [3.63, 3.8) is 0 Å². The maximum absolute atomic E-state index is 5.56. The van der Waals surface area contributed by atoms with Gasteiger partial charge in [-0.25, -0.2) is 9.97 Å². The van der Waals surface area contributed by atoms with Gasteiger partial charge in [-0.05, 0) is 35.3 Å². The van der Waals surface area contributed by atoms with Crippen LogP contribution < -0.4 is 10.1 Å². The fourth-order valence-corrected chi connectivity index (χ4v) is 1.82. The van der Waals surface area contributed by atoms with E-state index in [1.165, 1.54) is 19.2 Å². The predicted octanol–water partition coefficient (Wildman–Crippen LogP) is 1.37. The highest BCUT2D eigenvalue weighted by Gasteiger charge is 2.15. The predicted molar refractivity (Wildman–Crippen MR) is 56.3 cm³/mol. The van der Waals surface area contributed by atoms with E-state index >= 15 is 0 Å². The van der Waals surface area contributed by atoms with Gasteiger partial charge in [0.1, 0.15) is 12.9 Å². The van der Waals surface area contributed by atoms with Gasteiger partial charge >= 0.3 is 0 Å². The first-order valence-corrected chi connectivity index (χ1v) is 5.47. The van der Waals surface area contributed by atoms with Crippen LogP contribution in [0.25, 0.3) is 0 Å². The molecule has 0 spiro atoms. The van der Waals surface area contributed by atoms with Gasteiger partial charge in [-0.3, -0.25) is 0 Å². The second kappa shape index (κ2) is 4.70. The third-order valence-electron chi connectivity index (χ3n) is 2.22. The van der Waals surface area contributed by atoms with Crippen molar-refractivity contribution in [2.75, 3.05) is 13.2 Å². The van der Waals surface area contributed by atoms with Crippen LogP contribution in [0, 0.1) is 0 Å². The highest BCUT2D eigenvalue weighted by atomic mass is 79.9. The van der Waals surface area contributed by atoms with Gasteiger partial charge in [0.25, 0.3) is 0 Å². The van der Waals surface area contributed by atoms with Gasteiger partial charge in [0, 0.05) is 12.2 Å². The average Bonchev–Trinajstić information content (AvgIpc) is 2.69. The summed E-state index contributed by atoms with van der Waals surface area (Å²) in [6.45, 7) is 1.77. The molecule has 0 radical (unpaired) electrons. The normalized spacial score (nSPS) is 21.1. The molecule has 4 nitrogen and oxygen atoms in total. The number of rotatable bonds is 3. The fraction of sp³-hybridized carbons (Fsp3) is 0.556. The van der Waals surface area contributed by atoms with Crippen molar-refractivity contribution in [1.82, 2.24) is 15.3 Å². The van der Waals surface area contributed by atoms with Gasteiger partial charge in [0.15, 0.2) is 0 Å². The van der Waals surface area contributed by atoms with E-state index in [0.29, 0.717) is 18.5 Å². The van der Waals surface area contributed by atoms with Crippen molar-refractivity contribution in [1.29, 1.82) is 0 Å². The number of halogens is 1. The first kappa shape index (κ1) is 9.86. The smallest absolute Gasteiger partial charge is 0.231 e. The maximum atomic E-state index is 5.56. The van der Waals surface area contributed by atoms with Crippen LogP contribution >= 0.6 is 15.9 Å². The van der Waals surface area contributed by atoms with Crippen LogP contribution in [0.15, 0.2) is 17.0 Å². The Balaban J connectivity index is 1.88. The molecule has 1 atom stereocenters. The first-order valence-electron chi connectivity index (χ1n) is 4.68. The lowest BCUT2D eigenvalue weighted by Gasteiger charge is -2.11. The summed E-state index contributed by atoms with van der Waals surface area (Å²) in [5.41, 5.74) is 0. The molecule has 0 saturated carbocycles. The zero-order valence-electron chi connectivity index (χ0n) is 7.74. The Morgan fingerprint density at radius 2 is 2.57 bits per heavy atom. The Morgan fingerprint density at radius 1 is 1.64 bits per heavy atom. The molecule has 2 rings (SSSR count). The molecule has 1 unspecified atom stereocenters. The number of nitrogens with one attached hydrogen (secondary N) is 1. The van der Waals surface area contributed by atoms with Crippen LogP contribution in [0.5, 0.6) is 5.88 Å². The van der Waals surface area contributed by atoms with E-state index < -0.39 is 0 Å². The number of nitrogens with zero attached hydrogens (tertiary/aromatic N) is 2. The Morgan fingerprint density at radius 3 is 3.29 bits per heavy atom. The molecule has 1 fully saturated rings. The summed E-state index contributed by atoms with van der Waals surface area (Å²) < 4.78 is 6.36. The van der Waals surface area contributed by atoms with Crippen LogP contribution in [0.3, 0.4) is 0 Å². The molecule has 1 N–H and O–H groups in total. The molecule has 0 amide bonds. The van der Waals surface area contributed by atoms with Gasteiger partial charge in [-0.15, -0.1) is 0 Å². The molecule has 0 bridgehead atoms. The van der Waals surface area contributed by atoms with Crippen LogP contribution in [-0.2, 0) is 0 Å². The van der Waals surface area contributed by atoms with E-state index in [-0.39, 0.29) is 0 Å². The molecule has 1 aromatic heterocycles. The second-order valence-electron chi connectivity index (χ2n) is 3.28. The van der Waals surface area contributed by atoms with Crippen molar-refractivity contribution in [2.45, 2.75) is 18.9 Å². The largest absolute Gasteiger partial charge is 0.475 e. The van der Waals surface area contributed by atoms with Crippen LogP contribution in [0.2, 0.25) is 0 Å². The quantitative estimate of drug-likeness (QED) is 0.889. The second-order valence-corrected chi connectivity index (χ2v) is 4.13. The zero-order chi connectivity index (χ0) is 9.80. The fourth-order valence-electron chi connectivity index (χ4n) is 1.49. The van der Waals surface area contributed by atoms with Crippen molar-refractivity contribution in [2.24, 2.45) is 0 Å². The molecule has 1 aromatic rings. The molecule has 2 heterocycles. The minimum absolute atomic E-state index is 0.469. The molecule has 5 heteroatoms. The van der Waals surface area contributed by atoms with Crippen molar-refractivity contribution in [3.05, 3.63) is 17.0 Å². The highest BCUT2D eigenvalue weighted by molar-refractivity contribution is 9.10. The summed E-state index contributed by atoms with van der Waals surface area (Å²) in [5.74, 6) is 0.619. The maximum Gasteiger partial charge on any atom is 0.231 e. The minimum atomic E-state index is 0.469. The Bertz CT molecular complexity index is 302. The third kappa shape index (κ3) is 2.42. The number of aromatic nitrogens is 2. The number of hydrogen-bond acceptors (Lipinski definition) is 4. The Kier molecular flexibility index (Phi) is 3.31. The lowest BCUT2D eigenvalue weighted by atomic mass is 10.2. The average molecular weight is 258 g/mol. The molecule has 1 aliphatic heterocycles. The van der Waals surface area contributed by atoms with Gasteiger partial charge in [0.2, 0.25) is 5.88 Å². The van der Waals surface area contributed by atoms with E-state index in [0.717, 1.165) is 11.0 Å². The monoisotopic (exact) mass is 257 g/mol. The highest BCUT2D eigenvalue weighted by Crippen LogP contribution is 2.20. The molecule has 1 saturated heterocycles. The summed E-state index contributed by atoms with van der Waals surface area (Å²) in [6.07, 6.45) is 5.59. The number of ether oxygens (including phenoxy) is 1. The van der Waals surface area contributed by atoms with Gasteiger partial charge < -0.3 is 10.1 Å². The summed E-state index contributed by atoms with van der Waals surface area (Å²) in [6, 6.07) is 0.469. The zero-order valence-corrected chi connectivity index (χ0v) is 9.33. The summed E-state index contributed by atoms with van der Waals surface area (Å²) in [4.78, 5) is 7.90. The molecular formula is C9H12BrN3O. The number of hydrogen-bond donors (Lipinski definition) is 1. The molecule has 0 aliphatic carbocycles. The van der Waals surface area contributed by atoms with E-state index in [9.17, 15) is 0 Å². The molecule has 1 aliphatic rings. The molecule has 76 valence electrons. The standard InChI is InChI=1S/C9H12BrN3O/c10-8-4-11-6-13-9(8)14-5-7-2-1-3-12-7/h4,6-7,12H,1-3,5H2. The molecule has 14 heavy (non-hydrogen) atoms. The Labute approximate surface area is 91.2 Å². The lowest BCUT2D eigenvalue weighted by molar-refractivity contribution is 0.265. The summed E-state index contributed by atoms with van der Waals surface area (Å²) in [7, 11) is 0. The topological polar surface area (TPSA) is 47.0 Å². The SMILES string of the molecule is Brc1cncnc1OCC1CCCN1. The van der Waals surface area contributed by atoms with Gasteiger partial charge in [0.05, 0.1) is 4.47 Å². The van der Waals surface area contributed by atoms with Crippen LogP contribution in [-0.4, -0.2) is 29.2 Å². The van der Waals surface area contributed by atoms with Crippen molar-refractivity contribution in [3.8, 4) is 5.88 Å². The van der Waals surface area contributed by atoms with E-state index in [2.05, 4.69) is 31.2 Å². The van der Waals surface area contributed by atoms with Gasteiger partial charge in [-0.2, -0.15) is 0 Å². The van der Waals surface area contributed by atoms with Gasteiger partial charge in [-0.1, -0.05) is 0 Å². The van der Waals surface area contributed by atoms with Crippen molar-refractivity contribution >= 4 is 15.9 Å². The molecular weight excluding hydrogens is 246 g/mol. The summed E-state index contributed by atoms with van der Waals surface area (Å²) in [5, 5.41) is 3.36. The van der Waals surface area contributed by atoms with E-state index in [1.807, 2.05) is 0 Å². The first-order chi connectivity index (χ1) is 6.86. The molecule has 0 aromatic carbocycles. The Hall–Kier alpha value is -0.680. The lowest BCUT2D eigenvalue weighted by Crippen LogP contribution is -2.28. The summed E-state index contributed by atoms with van der Waals surface area (Å²) >= 11 is 3.34. The van der Waals surface area contributed by atoms with Crippen LogP contribution in [0.1, 0.15) is 12.8 Å². The van der Waals surface area contributed by atoms with Crippen molar-refractivity contribution < 1.29 is 4.74 Å². The minimum Gasteiger partial charge on any atom is -0.475 e. The third-order valence-corrected chi connectivity index (χ3v) is 2.76.